The highest BCUT2D eigenvalue weighted by molar-refractivity contribution is 7.89. The van der Waals surface area contributed by atoms with E-state index in [9.17, 15) is 13.2 Å². The van der Waals surface area contributed by atoms with Gasteiger partial charge < -0.3 is 14.6 Å². The fourth-order valence-corrected chi connectivity index (χ4v) is 4.39. The number of imidazole rings is 1. The number of piperidine rings is 1. The molecule has 0 radical (unpaired) electrons. The first kappa shape index (κ1) is 19.4. The lowest BCUT2D eigenvalue weighted by molar-refractivity contribution is -0.116. The zero-order valence-electron chi connectivity index (χ0n) is 15.5. The monoisotopic (exact) mass is 392 g/mol. The smallest absolute Gasteiger partial charge is 0.262 e. The average molecular weight is 392 g/mol. The minimum absolute atomic E-state index is 0.0220. The zero-order chi connectivity index (χ0) is 19.4. The van der Waals surface area contributed by atoms with Crippen molar-refractivity contribution in [2.24, 2.45) is 5.92 Å². The molecule has 0 spiro atoms. The molecular weight excluding hydrogens is 368 g/mol. The summed E-state index contributed by atoms with van der Waals surface area (Å²) in [6.07, 6.45) is 4.47. The number of ether oxygens (including phenoxy) is 1. The second-order valence-corrected chi connectivity index (χ2v) is 8.64. The summed E-state index contributed by atoms with van der Waals surface area (Å²) in [6, 6.07) is 7.01. The predicted octanol–water partition coefficient (Wildman–Crippen LogP) is 1.95. The fraction of sp³-hybridized carbons (Fsp3) is 0.444. The Hall–Kier alpha value is -2.39. The number of nitrogens with one attached hydrogen (secondary N) is 1. The number of carbonyl (C=O) groups is 1. The van der Waals surface area contributed by atoms with Crippen LogP contribution in [0.25, 0.3) is 0 Å². The first-order chi connectivity index (χ1) is 12.9. The Balaban J connectivity index is 1.64. The number of sulfonamides is 1. The van der Waals surface area contributed by atoms with Gasteiger partial charge in [-0.15, -0.1) is 0 Å². The maximum atomic E-state index is 12.7. The SMILES string of the molecule is COc1cccc(NC(=O)Cn2cnc(S(=O)(=O)N3CCC(C)CC3)c2)c1. The van der Waals surface area contributed by atoms with Crippen LogP contribution in [0.4, 0.5) is 5.69 Å². The molecule has 1 aromatic carbocycles. The van der Waals surface area contributed by atoms with Crippen LogP contribution in [0.3, 0.4) is 0 Å². The predicted molar refractivity (Wildman–Crippen MR) is 101 cm³/mol. The Labute approximate surface area is 159 Å². The molecule has 1 fully saturated rings. The van der Waals surface area contributed by atoms with E-state index in [0.717, 1.165) is 12.8 Å². The van der Waals surface area contributed by atoms with Crippen molar-refractivity contribution in [3.8, 4) is 5.75 Å². The number of anilines is 1. The quantitative estimate of drug-likeness (QED) is 0.811. The van der Waals surface area contributed by atoms with Crippen molar-refractivity contribution in [1.82, 2.24) is 13.9 Å². The molecule has 2 aromatic rings. The molecule has 1 saturated heterocycles. The molecule has 8 nitrogen and oxygen atoms in total. The van der Waals surface area contributed by atoms with Gasteiger partial charge in [-0.2, -0.15) is 4.31 Å². The number of amides is 1. The van der Waals surface area contributed by atoms with E-state index < -0.39 is 10.0 Å². The summed E-state index contributed by atoms with van der Waals surface area (Å²) in [5.41, 5.74) is 0.606. The second-order valence-electron chi connectivity index (χ2n) is 6.75. The number of hydrogen-bond acceptors (Lipinski definition) is 5. The Morgan fingerprint density at radius 1 is 1.33 bits per heavy atom. The first-order valence-corrected chi connectivity index (χ1v) is 10.3. The van der Waals surface area contributed by atoms with Gasteiger partial charge in [0.2, 0.25) is 5.91 Å². The molecule has 0 saturated carbocycles. The number of aromatic nitrogens is 2. The summed E-state index contributed by atoms with van der Waals surface area (Å²) < 4.78 is 33.4. The summed E-state index contributed by atoms with van der Waals surface area (Å²) in [7, 11) is -2.06. The van der Waals surface area contributed by atoms with Crippen molar-refractivity contribution >= 4 is 21.6 Å². The Bertz CT molecular complexity index is 902. The van der Waals surface area contributed by atoms with E-state index in [2.05, 4.69) is 17.2 Å². The number of benzene rings is 1. The van der Waals surface area contributed by atoms with Crippen molar-refractivity contribution < 1.29 is 17.9 Å². The molecule has 0 unspecified atom stereocenters. The molecule has 1 aliphatic rings. The summed E-state index contributed by atoms with van der Waals surface area (Å²) >= 11 is 0. The van der Waals surface area contributed by atoms with E-state index in [-0.39, 0.29) is 17.5 Å². The molecule has 1 N–H and O–H groups in total. The van der Waals surface area contributed by atoms with Crippen LogP contribution in [-0.2, 0) is 21.4 Å². The highest BCUT2D eigenvalue weighted by Gasteiger charge is 2.29. The average Bonchev–Trinajstić information content (AvgIpc) is 3.11. The van der Waals surface area contributed by atoms with Crippen LogP contribution in [0.2, 0.25) is 0 Å². The lowest BCUT2D eigenvalue weighted by Gasteiger charge is -2.28. The minimum atomic E-state index is -3.62. The van der Waals surface area contributed by atoms with Crippen molar-refractivity contribution in [2.45, 2.75) is 31.3 Å². The minimum Gasteiger partial charge on any atom is -0.497 e. The van der Waals surface area contributed by atoms with Gasteiger partial charge in [-0.05, 0) is 30.9 Å². The van der Waals surface area contributed by atoms with Crippen LogP contribution in [0, 0.1) is 5.92 Å². The normalized spacial score (nSPS) is 16.2. The molecule has 0 bridgehead atoms. The van der Waals surface area contributed by atoms with Gasteiger partial charge in [0.05, 0.1) is 13.4 Å². The molecule has 27 heavy (non-hydrogen) atoms. The molecule has 3 rings (SSSR count). The third-order valence-corrected chi connectivity index (χ3v) is 6.42. The van der Waals surface area contributed by atoms with E-state index in [1.165, 1.54) is 21.4 Å². The van der Waals surface area contributed by atoms with Crippen molar-refractivity contribution in [3.63, 3.8) is 0 Å². The van der Waals surface area contributed by atoms with Gasteiger partial charge in [0.1, 0.15) is 12.3 Å². The van der Waals surface area contributed by atoms with E-state index in [4.69, 9.17) is 4.74 Å². The zero-order valence-corrected chi connectivity index (χ0v) is 16.3. The van der Waals surface area contributed by atoms with Gasteiger partial charge in [0.15, 0.2) is 5.03 Å². The van der Waals surface area contributed by atoms with Gasteiger partial charge in [-0.1, -0.05) is 13.0 Å². The van der Waals surface area contributed by atoms with Crippen molar-refractivity contribution in [2.75, 3.05) is 25.5 Å². The lowest BCUT2D eigenvalue weighted by Crippen LogP contribution is -2.38. The summed E-state index contributed by atoms with van der Waals surface area (Å²) in [4.78, 5) is 16.2. The van der Waals surface area contributed by atoms with Gasteiger partial charge in [0.25, 0.3) is 10.0 Å². The molecule has 1 aromatic heterocycles. The number of hydrogen-bond donors (Lipinski definition) is 1. The molecule has 146 valence electrons. The molecule has 1 aliphatic heterocycles. The van der Waals surface area contributed by atoms with E-state index in [1.54, 1.807) is 31.4 Å². The maximum Gasteiger partial charge on any atom is 0.262 e. The third-order valence-electron chi connectivity index (χ3n) is 4.64. The van der Waals surface area contributed by atoms with E-state index in [0.29, 0.717) is 30.4 Å². The van der Waals surface area contributed by atoms with Crippen LogP contribution >= 0.6 is 0 Å². The van der Waals surface area contributed by atoms with Crippen molar-refractivity contribution in [3.05, 3.63) is 36.8 Å². The number of methoxy groups -OCH3 is 1. The van der Waals surface area contributed by atoms with Crippen molar-refractivity contribution in [1.29, 1.82) is 0 Å². The number of nitrogens with zero attached hydrogens (tertiary/aromatic N) is 3. The highest BCUT2D eigenvalue weighted by atomic mass is 32.2. The molecule has 2 heterocycles. The standard InChI is InChI=1S/C18H24N4O4S/c1-14-6-8-22(9-7-14)27(24,25)18-12-21(13-19-18)11-17(23)20-15-4-3-5-16(10-15)26-2/h3-5,10,12-14H,6-9,11H2,1-2H3,(H,20,23). The molecule has 0 aliphatic carbocycles. The molecule has 9 heteroatoms. The first-order valence-electron chi connectivity index (χ1n) is 8.84. The molecule has 0 atom stereocenters. The summed E-state index contributed by atoms with van der Waals surface area (Å²) in [5, 5.41) is 2.73. The molecular formula is C18H24N4O4S. The highest BCUT2D eigenvalue weighted by Crippen LogP contribution is 2.22. The van der Waals surface area contributed by atoms with Crippen LogP contribution in [0.1, 0.15) is 19.8 Å². The van der Waals surface area contributed by atoms with Crippen LogP contribution in [0.5, 0.6) is 5.75 Å². The lowest BCUT2D eigenvalue weighted by atomic mass is 10.0. The van der Waals surface area contributed by atoms with Gasteiger partial charge in [0, 0.05) is 31.0 Å². The molecule has 1 amide bonds. The summed E-state index contributed by atoms with van der Waals surface area (Å²) in [6.45, 7) is 3.11. The van der Waals surface area contributed by atoms with E-state index in [1.807, 2.05) is 0 Å². The van der Waals surface area contributed by atoms with Gasteiger partial charge in [-0.25, -0.2) is 13.4 Å². The van der Waals surface area contributed by atoms with Crippen LogP contribution in [0.15, 0.2) is 41.8 Å². The van der Waals surface area contributed by atoms with Gasteiger partial charge >= 0.3 is 0 Å². The Kier molecular flexibility index (Phi) is 5.81. The fourth-order valence-electron chi connectivity index (χ4n) is 2.98. The largest absolute Gasteiger partial charge is 0.497 e. The third kappa shape index (κ3) is 4.67. The van der Waals surface area contributed by atoms with Gasteiger partial charge in [-0.3, -0.25) is 4.79 Å². The Morgan fingerprint density at radius 2 is 2.07 bits per heavy atom. The second kappa shape index (κ2) is 8.10. The Morgan fingerprint density at radius 3 is 2.78 bits per heavy atom. The maximum absolute atomic E-state index is 12.7. The number of carbonyl (C=O) groups excluding carboxylic acids is 1. The topological polar surface area (TPSA) is 93.5 Å². The number of rotatable bonds is 6. The van der Waals surface area contributed by atoms with Crippen LogP contribution < -0.4 is 10.1 Å². The van der Waals surface area contributed by atoms with Crippen LogP contribution in [-0.4, -0.2) is 48.4 Å². The van der Waals surface area contributed by atoms with E-state index >= 15 is 0 Å². The summed E-state index contributed by atoms with van der Waals surface area (Å²) in [5.74, 6) is 0.894.